The molecule has 0 aliphatic carbocycles. The largest absolute Gasteiger partial charge is 0.481 e. The molecule has 2 aliphatic heterocycles. The number of carboxylic acids is 1. The summed E-state index contributed by atoms with van der Waals surface area (Å²) >= 11 is 0. The van der Waals surface area contributed by atoms with Crippen molar-refractivity contribution in [2.45, 2.75) is 6.42 Å². The van der Waals surface area contributed by atoms with E-state index < -0.39 is 22.7 Å². The van der Waals surface area contributed by atoms with Crippen LogP contribution >= 0.6 is 0 Å². The predicted octanol–water partition coefficient (Wildman–Crippen LogP) is -0.423. The summed E-state index contributed by atoms with van der Waals surface area (Å²) in [5.74, 6) is -0.206. The van der Waals surface area contributed by atoms with Gasteiger partial charge in [0, 0.05) is 48.5 Å². The van der Waals surface area contributed by atoms with Crippen molar-refractivity contribution in [1.82, 2.24) is 9.80 Å². The maximum atomic E-state index is 12.0. The zero-order valence-corrected chi connectivity index (χ0v) is 10.3. The number of hydrogen-bond acceptors (Lipinski definition) is 3. The lowest BCUT2D eigenvalue weighted by Crippen LogP contribution is -2.48. The van der Waals surface area contributed by atoms with Crippen molar-refractivity contribution in [2.24, 2.45) is 5.92 Å². The molecule has 0 aromatic carbocycles. The topological polar surface area (TPSA) is 77.9 Å². The van der Waals surface area contributed by atoms with Crippen molar-refractivity contribution in [3.05, 3.63) is 0 Å². The van der Waals surface area contributed by atoms with Crippen LogP contribution in [0, 0.1) is 5.92 Å². The molecule has 2 amide bonds. The minimum absolute atomic E-state index is 0.106. The number of carbonyl (C=O) groups is 2. The molecular formula is C10H16N2O4S. The Morgan fingerprint density at radius 1 is 1.12 bits per heavy atom. The van der Waals surface area contributed by atoms with Gasteiger partial charge in [0.2, 0.25) is 0 Å². The van der Waals surface area contributed by atoms with Gasteiger partial charge in [-0.2, -0.15) is 0 Å². The maximum absolute atomic E-state index is 12.0. The van der Waals surface area contributed by atoms with Gasteiger partial charge in [-0.25, -0.2) is 4.79 Å². The number of amides is 2. The molecule has 7 heteroatoms. The first kappa shape index (κ1) is 12.3. The van der Waals surface area contributed by atoms with E-state index in [4.69, 9.17) is 5.11 Å². The molecule has 0 aromatic heterocycles. The fourth-order valence-corrected chi connectivity index (χ4v) is 3.22. The molecule has 96 valence electrons. The highest BCUT2D eigenvalue weighted by atomic mass is 32.2. The Labute approximate surface area is 102 Å². The quantitative estimate of drug-likeness (QED) is 0.694. The molecule has 0 saturated carbocycles. The minimum Gasteiger partial charge on any atom is -0.481 e. The van der Waals surface area contributed by atoms with Crippen molar-refractivity contribution >= 4 is 22.8 Å². The van der Waals surface area contributed by atoms with Crippen LogP contribution in [0.15, 0.2) is 0 Å². The Morgan fingerprint density at radius 3 is 2.29 bits per heavy atom. The molecule has 2 fully saturated rings. The molecule has 6 nitrogen and oxygen atoms in total. The zero-order chi connectivity index (χ0) is 12.4. The Morgan fingerprint density at radius 2 is 1.76 bits per heavy atom. The molecule has 0 aromatic rings. The summed E-state index contributed by atoms with van der Waals surface area (Å²) in [6.07, 6.45) is 0.529. The van der Waals surface area contributed by atoms with Gasteiger partial charge in [-0.3, -0.25) is 9.00 Å². The second-order valence-corrected chi connectivity index (χ2v) is 6.08. The molecule has 1 atom stereocenters. The van der Waals surface area contributed by atoms with Crippen LogP contribution in [0.4, 0.5) is 4.79 Å². The van der Waals surface area contributed by atoms with E-state index in [9.17, 15) is 13.8 Å². The van der Waals surface area contributed by atoms with Gasteiger partial charge in [-0.15, -0.1) is 0 Å². The van der Waals surface area contributed by atoms with Crippen LogP contribution in [0.5, 0.6) is 0 Å². The lowest BCUT2D eigenvalue weighted by molar-refractivity contribution is -0.141. The lowest BCUT2D eigenvalue weighted by atomic mass is 10.1. The highest BCUT2D eigenvalue weighted by Gasteiger charge is 2.33. The fourth-order valence-electron chi connectivity index (χ4n) is 2.16. The van der Waals surface area contributed by atoms with Gasteiger partial charge in [-0.05, 0) is 6.42 Å². The normalized spacial score (nSPS) is 26.2. The molecule has 0 radical (unpaired) electrons. The maximum Gasteiger partial charge on any atom is 0.320 e. The van der Waals surface area contributed by atoms with E-state index in [2.05, 4.69) is 0 Å². The van der Waals surface area contributed by atoms with Crippen LogP contribution < -0.4 is 0 Å². The van der Waals surface area contributed by atoms with Gasteiger partial charge in [-0.1, -0.05) is 0 Å². The molecule has 17 heavy (non-hydrogen) atoms. The van der Waals surface area contributed by atoms with Crippen LogP contribution in [0.25, 0.3) is 0 Å². The summed E-state index contributed by atoms with van der Waals surface area (Å²) in [6, 6.07) is -0.106. The van der Waals surface area contributed by atoms with Gasteiger partial charge < -0.3 is 14.9 Å². The average molecular weight is 260 g/mol. The van der Waals surface area contributed by atoms with Crippen LogP contribution in [0.3, 0.4) is 0 Å². The second kappa shape index (κ2) is 5.03. The van der Waals surface area contributed by atoms with E-state index in [0.29, 0.717) is 44.1 Å². The highest BCUT2D eigenvalue weighted by molar-refractivity contribution is 7.85. The summed E-state index contributed by atoms with van der Waals surface area (Å²) in [4.78, 5) is 26.1. The van der Waals surface area contributed by atoms with E-state index in [0.717, 1.165) is 0 Å². The molecule has 2 rings (SSSR count). The van der Waals surface area contributed by atoms with Crippen LogP contribution in [-0.4, -0.2) is 68.8 Å². The number of carboxylic acid groups (broad SMARTS) is 1. The number of hydrogen-bond donors (Lipinski definition) is 1. The first-order valence-corrected chi connectivity index (χ1v) is 7.18. The Balaban J connectivity index is 1.89. The molecule has 0 bridgehead atoms. The van der Waals surface area contributed by atoms with Crippen LogP contribution in [0.1, 0.15) is 6.42 Å². The van der Waals surface area contributed by atoms with E-state index in [1.54, 1.807) is 9.80 Å². The standard InChI is InChI=1S/C10H16N2O4S/c13-9(14)8-1-2-12(7-8)10(15)11-3-5-17(16)6-4-11/h8H,1-7H2,(H,13,14). The number of carbonyl (C=O) groups excluding carboxylic acids is 1. The molecule has 2 saturated heterocycles. The Bertz CT molecular complexity index is 350. The number of likely N-dealkylation sites (tertiary alicyclic amines) is 1. The second-order valence-electron chi connectivity index (χ2n) is 4.39. The summed E-state index contributed by atoms with van der Waals surface area (Å²) in [5.41, 5.74) is 0. The molecule has 1 unspecified atom stereocenters. The van der Waals surface area contributed by atoms with E-state index in [1.165, 1.54) is 0 Å². The third kappa shape index (κ3) is 2.77. The summed E-state index contributed by atoms with van der Waals surface area (Å²) < 4.78 is 11.2. The van der Waals surface area contributed by atoms with E-state index in [-0.39, 0.29) is 6.03 Å². The van der Waals surface area contributed by atoms with Crippen molar-refractivity contribution < 1.29 is 18.9 Å². The highest BCUT2D eigenvalue weighted by Crippen LogP contribution is 2.18. The number of aliphatic carboxylic acids is 1. The van der Waals surface area contributed by atoms with Crippen LogP contribution in [-0.2, 0) is 15.6 Å². The molecule has 0 spiro atoms. The van der Waals surface area contributed by atoms with E-state index in [1.807, 2.05) is 0 Å². The number of nitrogens with zero attached hydrogens (tertiary/aromatic N) is 2. The monoisotopic (exact) mass is 260 g/mol. The van der Waals surface area contributed by atoms with Crippen molar-refractivity contribution in [3.8, 4) is 0 Å². The van der Waals surface area contributed by atoms with E-state index >= 15 is 0 Å². The van der Waals surface area contributed by atoms with Crippen molar-refractivity contribution in [3.63, 3.8) is 0 Å². The smallest absolute Gasteiger partial charge is 0.320 e. The van der Waals surface area contributed by atoms with Gasteiger partial charge in [0.25, 0.3) is 0 Å². The first-order chi connectivity index (χ1) is 8.08. The number of urea groups is 1. The number of rotatable bonds is 1. The van der Waals surface area contributed by atoms with Gasteiger partial charge in [0.05, 0.1) is 5.92 Å². The van der Waals surface area contributed by atoms with Crippen molar-refractivity contribution in [1.29, 1.82) is 0 Å². The molecule has 1 N–H and O–H groups in total. The van der Waals surface area contributed by atoms with Gasteiger partial charge >= 0.3 is 12.0 Å². The zero-order valence-electron chi connectivity index (χ0n) is 9.50. The fraction of sp³-hybridized carbons (Fsp3) is 0.800. The minimum atomic E-state index is -0.833. The van der Waals surface area contributed by atoms with Crippen molar-refractivity contribution in [2.75, 3.05) is 37.7 Å². The third-order valence-corrected chi connectivity index (χ3v) is 4.53. The van der Waals surface area contributed by atoms with Gasteiger partial charge in [0.1, 0.15) is 0 Å². The van der Waals surface area contributed by atoms with Gasteiger partial charge in [0.15, 0.2) is 0 Å². The SMILES string of the molecule is O=C(O)C1CCN(C(=O)N2CCS(=O)CC2)C1. The molecular weight excluding hydrogens is 244 g/mol. The van der Waals surface area contributed by atoms with Crippen LogP contribution in [0.2, 0.25) is 0 Å². The third-order valence-electron chi connectivity index (χ3n) is 3.26. The first-order valence-electron chi connectivity index (χ1n) is 5.69. The Kier molecular flexibility index (Phi) is 3.66. The Hall–Kier alpha value is -1.11. The predicted molar refractivity (Wildman–Crippen MR) is 62.2 cm³/mol. The summed E-state index contributed by atoms with van der Waals surface area (Å²) in [6.45, 7) is 1.84. The molecule has 2 heterocycles. The lowest BCUT2D eigenvalue weighted by Gasteiger charge is -2.30. The average Bonchev–Trinajstić information content (AvgIpc) is 2.78. The summed E-state index contributed by atoms with van der Waals surface area (Å²) in [7, 11) is -0.800. The molecule has 2 aliphatic rings. The summed E-state index contributed by atoms with van der Waals surface area (Å²) in [5, 5.41) is 8.87.